The number of hydrogen-bond donors (Lipinski definition) is 1. The Kier molecular flexibility index (Phi) is 4.79. The highest BCUT2D eigenvalue weighted by Gasteiger charge is 2.28. The number of aliphatic hydroxyl groups excluding tert-OH is 1. The summed E-state index contributed by atoms with van der Waals surface area (Å²) in [4.78, 5) is 0. The molecular formula is C18H24OSi. The quantitative estimate of drug-likeness (QED) is 0.779. The van der Waals surface area contributed by atoms with Crippen molar-refractivity contribution >= 4 is 8.07 Å². The van der Waals surface area contributed by atoms with Crippen molar-refractivity contribution in [3.05, 3.63) is 71.8 Å². The Bertz CT molecular complexity index is 516. The third kappa shape index (κ3) is 4.05. The van der Waals surface area contributed by atoms with Crippen molar-refractivity contribution in [3.63, 3.8) is 0 Å². The van der Waals surface area contributed by atoms with Crippen molar-refractivity contribution in [1.29, 1.82) is 0 Å². The van der Waals surface area contributed by atoms with Crippen molar-refractivity contribution in [2.24, 2.45) is 0 Å². The first-order valence-electron chi connectivity index (χ1n) is 7.25. The van der Waals surface area contributed by atoms with E-state index in [1.165, 1.54) is 5.56 Å². The predicted molar refractivity (Wildman–Crippen MR) is 88.7 cm³/mol. The summed E-state index contributed by atoms with van der Waals surface area (Å²) in [6.07, 6.45) is -0.426. The second-order valence-electron chi connectivity index (χ2n) is 6.64. The molecule has 2 aromatic rings. The molecule has 0 spiro atoms. The highest BCUT2D eigenvalue weighted by molar-refractivity contribution is 6.76. The highest BCUT2D eigenvalue weighted by atomic mass is 28.3. The second kappa shape index (κ2) is 6.38. The van der Waals surface area contributed by atoms with Crippen LogP contribution in [0.2, 0.25) is 25.7 Å². The lowest BCUT2D eigenvalue weighted by atomic mass is 9.90. The Labute approximate surface area is 123 Å². The molecule has 0 aliphatic carbocycles. The van der Waals surface area contributed by atoms with E-state index in [1.54, 1.807) is 0 Å². The summed E-state index contributed by atoms with van der Waals surface area (Å²) in [6, 6.07) is 21.5. The summed E-state index contributed by atoms with van der Waals surface area (Å²) in [6.45, 7) is 7.09. The first-order chi connectivity index (χ1) is 9.47. The van der Waals surface area contributed by atoms with Gasteiger partial charge in [0.25, 0.3) is 0 Å². The smallest absolute Gasteiger partial charge is 0.0855 e. The van der Waals surface area contributed by atoms with Crippen LogP contribution in [0, 0.1) is 0 Å². The molecule has 1 nitrogen and oxygen atoms in total. The van der Waals surface area contributed by atoms with Crippen LogP contribution < -0.4 is 0 Å². The molecule has 0 amide bonds. The normalized spacial score (nSPS) is 14.8. The van der Waals surface area contributed by atoms with Gasteiger partial charge in [0.2, 0.25) is 0 Å². The maximum Gasteiger partial charge on any atom is 0.0855 e. The third-order valence-corrected chi connectivity index (χ3v) is 5.25. The fourth-order valence-corrected chi connectivity index (χ4v) is 4.43. The van der Waals surface area contributed by atoms with E-state index >= 15 is 0 Å². The van der Waals surface area contributed by atoms with Crippen LogP contribution in [-0.2, 0) is 0 Å². The Morgan fingerprint density at radius 3 is 1.70 bits per heavy atom. The predicted octanol–water partition coefficient (Wildman–Crippen LogP) is 4.84. The Hall–Kier alpha value is -1.38. The number of hydrogen-bond acceptors (Lipinski definition) is 1. The van der Waals surface area contributed by atoms with Gasteiger partial charge in [-0.15, -0.1) is 0 Å². The summed E-state index contributed by atoms with van der Waals surface area (Å²) < 4.78 is 0. The fourth-order valence-electron chi connectivity index (χ4n) is 2.65. The molecule has 2 rings (SSSR count). The molecule has 0 unspecified atom stereocenters. The maximum absolute atomic E-state index is 10.8. The minimum atomic E-state index is -1.26. The Morgan fingerprint density at radius 1 is 0.800 bits per heavy atom. The van der Waals surface area contributed by atoms with Gasteiger partial charge in [0, 0.05) is 14.0 Å². The topological polar surface area (TPSA) is 20.2 Å². The van der Waals surface area contributed by atoms with Crippen molar-refractivity contribution in [2.45, 2.75) is 37.7 Å². The van der Waals surface area contributed by atoms with Gasteiger partial charge < -0.3 is 5.11 Å². The lowest BCUT2D eigenvalue weighted by Gasteiger charge is -2.29. The molecule has 2 heteroatoms. The van der Waals surface area contributed by atoms with Gasteiger partial charge in [0.15, 0.2) is 0 Å². The molecule has 0 radical (unpaired) electrons. The van der Waals surface area contributed by atoms with Gasteiger partial charge in [-0.2, -0.15) is 0 Å². The molecule has 0 saturated heterocycles. The number of rotatable bonds is 5. The molecule has 0 bridgehead atoms. The van der Waals surface area contributed by atoms with Crippen LogP contribution in [0.15, 0.2) is 60.7 Å². The maximum atomic E-state index is 10.8. The average molecular weight is 284 g/mol. The molecule has 2 aromatic carbocycles. The second-order valence-corrected chi connectivity index (χ2v) is 12.2. The first-order valence-corrected chi connectivity index (χ1v) is 11.0. The average Bonchev–Trinajstić information content (AvgIpc) is 2.45. The largest absolute Gasteiger partial charge is 0.388 e. The summed E-state index contributed by atoms with van der Waals surface area (Å²) >= 11 is 0. The molecule has 0 aliphatic rings. The van der Waals surface area contributed by atoms with Crippen LogP contribution in [0.5, 0.6) is 0 Å². The van der Waals surface area contributed by atoms with E-state index < -0.39 is 14.2 Å². The first kappa shape index (κ1) is 15.0. The molecule has 0 aliphatic heterocycles. The lowest BCUT2D eigenvalue weighted by molar-refractivity contribution is 0.151. The standard InChI is InChI=1S/C18H24OSi/c1-20(2,3)14-17(15-10-6-4-7-11-15)18(19)16-12-8-5-9-13-16/h4-13,17-19H,14H2,1-3H3/t17-,18-/m1/s1. The van der Waals surface area contributed by atoms with Crippen molar-refractivity contribution < 1.29 is 5.11 Å². The minimum Gasteiger partial charge on any atom is -0.388 e. The van der Waals surface area contributed by atoms with E-state index in [0.29, 0.717) is 0 Å². The molecular weight excluding hydrogens is 260 g/mol. The summed E-state index contributed by atoms with van der Waals surface area (Å²) in [5.74, 6) is 0.185. The number of benzene rings is 2. The minimum absolute atomic E-state index is 0.185. The van der Waals surface area contributed by atoms with Gasteiger partial charge in [-0.25, -0.2) is 0 Å². The SMILES string of the molecule is C[Si](C)(C)C[C@H](c1ccccc1)[C@H](O)c1ccccc1. The van der Waals surface area contributed by atoms with Gasteiger partial charge in [-0.05, 0) is 17.2 Å². The third-order valence-electron chi connectivity index (χ3n) is 3.58. The van der Waals surface area contributed by atoms with Crippen LogP contribution in [0.25, 0.3) is 0 Å². The highest BCUT2D eigenvalue weighted by Crippen LogP contribution is 2.37. The zero-order chi connectivity index (χ0) is 14.6. The van der Waals surface area contributed by atoms with Crippen molar-refractivity contribution in [2.75, 3.05) is 0 Å². The fraction of sp³-hybridized carbons (Fsp3) is 0.333. The molecule has 0 heterocycles. The zero-order valence-corrected chi connectivity index (χ0v) is 13.6. The van der Waals surface area contributed by atoms with Crippen LogP contribution >= 0.6 is 0 Å². The van der Waals surface area contributed by atoms with Gasteiger partial charge in [0.05, 0.1) is 6.10 Å². The summed E-state index contributed by atoms with van der Waals surface area (Å²) in [5.41, 5.74) is 2.26. The zero-order valence-electron chi connectivity index (χ0n) is 12.6. The molecule has 1 N–H and O–H groups in total. The monoisotopic (exact) mass is 284 g/mol. The van der Waals surface area contributed by atoms with Crippen LogP contribution in [0.3, 0.4) is 0 Å². The van der Waals surface area contributed by atoms with E-state index in [4.69, 9.17) is 0 Å². The molecule has 106 valence electrons. The van der Waals surface area contributed by atoms with E-state index in [1.807, 2.05) is 36.4 Å². The molecule has 0 saturated carbocycles. The van der Waals surface area contributed by atoms with Gasteiger partial charge >= 0.3 is 0 Å². The van der Waals surface area contributed by atoms with Crippen molar-refractivity contribution in [1.82, 2.24) is 0 Å². The lowest BCUT2D eigenvalue weighted by Crippen LogP contribution is -2.26. The molecule has 0 aromatic heterocycles. The summed E-state index contributed by atoms with van der Waals surface area (Å²) in [7, 11) is -1.26. The van der Waals surface area contributed by atoms with Crippen LogP contribution in [0.1, 0.15) is 23.1 Å². The van der Waals surface area contributed by atoms with Crippen LogP contribution in [0.4, 0.5) is 0 Å². The van der Waals surface area contributed by atoms with Crippen LogP contribution in [-0.4, -0.2) is 13.2 Å². The van der Waals surface area contributed by atoms with E-state index in [9.17, 15) is 5.11 Å². The molecule has 0 fully saturated rings. The van der Waals surface area contributed by atoms with Crippen molar-refractivity contribution in [3.8, 4) is 0 Å². The van der Waals surface area contributed by atoms with E-state index in [-0.39, 0.29) is 5.92 Å². The van der Waals surface area contributed by atoms with Gasteiger partial charge in [0.1, 0.15) is 0 Å². The Balaban J connectivity index is 2.32. The number of aliphatic hydroxyl groups is 1. The van der Waals surface area contributed by atoms with E-state index in [0.717, 1.165) is 11.6 Å². The Morgan fingerprint density at radius 2 is 1.25 bits per heavy atom. The summed E-state index contributed by atoms with van der Waals surface area (Å²) in [5, 5.41) is 10.8. The van der Waals surface area contributed by atoms with Gasteiger partial charge in [-0.3, -0.25) is 0 Å². The van der Waals surface area contributed by atoms with Gasteiger partial charge in [-0.1, -0.05) is 80.3 Å². The molecule has 20 heavy (non-hydrogen) atoms. The molecule has 2 atom stereocenters. The van der Waals surface area contributed by atoms with E-state index in [2.05, 4.69) is 43.9 Å².